The molecular weight excluding hydrogens is 507 g/mol. The van der Waals surface area contributed by atoms with Gasteiger partial charge in [0.05, 0.1) is 12.1 Å². The number of para-hydroxylation sites is 1. The molecule has 2 bridgehead atoms. The Hall–Kier alpha value is -2.27. The van der Waals surface area contributed by atoms with Crippen molar-refractivity contribution in [1.82, 2.24) is 4.90 Å². The minimum atomic E-state index is -0.893. The van der Waals surface area contributed by atoms with E-state index in [1.807, 2.05) is 18.7 Å². The van der Waals surface area contributed by atoms with Gasteiger partial charge in [0.15, 0.2) is 11.9 Å². The Balaban J connectivity index is 1.04. The second-order valence-corrected chi connectivity index (χ2v) is 12.1. The summed E-state index contributed by atoms with van der Waals surface area (Å²) in [5.74, 6) is -1.10. The average molecular weight is 547 g/mol. The highest BCUT2D eigenvalue weighted by Crippen LogP contribution is 2.60. The molecule has 1 amide bonds. The predicted octanol–water partition coefficient (Wildman–Crippen LogP) is 4.01. The highest BCUT2D eigenvalue weighted by molar-refractivity contribution is 5.81. The maximum atomic E-state index is 14.1. The number of carbonyl (C=O) groups is 2. The van der Waals surface area contributed by atoms with E-state index in [2.05, 4.69) is 6.92 Å². The number of hydrogen-bond donors (Lipinski definition) is 0. The van der Waals surface area contributed by atoms with Crippen LogP contribution in [0.4, 0.5) is 10.1 Å². The molecule has 1 spiro atoms. The molecule has 5 saturated heterocycles. The topological polar surface area (TPSA) is 86.8 Å². The Morgan fingerprint density at radius 1 is 1.03 bits per heavy atom. The van der Waals surface area contributed by atoms with Gasteiger partial charge in [-0.1, -0.05) is 26.0 Å². The van der Waals surface area contributed by atoms with Gasteiger partial charge >= 0.3 is 5.97 Å². The number of hydrogen-bond acceptors (Lipinski definition) is 8. The third-order valence-corrected chi connectivity index (χ3v) is 9.71. The van der Waals surface area contributed by atoms with Crippen molar-refractivity contribution < 1.29 is 38.0 Å². The molecular formula is C29H39FN2O7. The molecule has 214 valence electrons. The molecule has 1 aliphatic carbocycles. The summed E-state index contributed by atoms with van der Waals surface area (Å²) in [6.07, 6.45) is 2.18. The van der Waals surface area contributed by atoms with Crippen LogP contribution in [-0.2, 0) is 33.6 Å². The molecule has 9 nitrogen and oxygen atoms in total. The normalized spacial score (nSPS) is 39.6. The molecule has 0 radical (unpaired) electrons. The van der Waals surface area contributed by atoms with Crippen LogP contribution in [0.25, 0.3) is 0 Å². The summed E-state index contributed by atoms with van der Waals surface area (Å²) in [4.78, 5) is 41.3. The van der Waals surface area contributed by atoms with Gasteiger partial charge in [-0.05, 0) is 50.2 Å². The largest absolute Gasteiger partial charge is 0.435 e. The van der Waals surface area contributed by atoms with Gasteiger partial charge in [-0.3, -0.25) is 9.59 Å². The number of fused-ring (bicyclic) bond motifs is 2. The van der Waals surface area contributed by atoms with Crippen LogP contribution in [0.2, 0.25) is 0 Å². The molecule has 6 fully saturated rings. The van der Waals surface area contributed by atoms with Crippen molar-refractivity contribution in [1.29, 1.82) is 0 Å². The minimum absolute atomic E-state index is 0.0305. The predicted molar refractivity (Wildman–Crippen MR) is 137 cm³/mol. The van der Waals surface area contributed by atoms with E-state index in [9.17, 15) is 14.0 Å². The van der Waals surface area contributed by atoms with E-state index >= 15 is 0 Å². The van der Waals surface area contributed by atoms with Crippen LogP contribution in [0.3, 0.4) is 0 Å². The molecule has 6 aliphatic rings. The fraction of sp³-hybridized carbons (Fsp3) is 0.724. The highest BCUT2D eigenvalue weighted by atomic mass is 19.1. The summed E-state index contributed by atoms with van der Waals surface area (Å²) < 4.78 is 32.6. The molecule has 1 aromatic rings. The van der Waals surface area contributed by atoms with E-state index in [1.54, 1.807) is 23.1 Å². The molecule has 0 unspecified atom stereocenters. The smallest absolute Gasteiger partial charge is 0.308 e. The zero-order chi connectivity index (χ0) is 27.4. The van der Waals surface area contributed by atoms with E-state index in [4.69, 9.17) is 24.0 Å². The van der Waals surface area contributed by atoms with E-state index in [0.29, 0.717) is 44.2 Å². The molecule has 0 aromatic heterocycles. The van der Waals surface area contributed by atoms with Crippen molar-refractivity contribution in [2.45, 2.75) is 83.3 Å². The number of rotatable bonds is 5. The molecule has 5 heterocycles. The van der Waals surface area contributed by atoms with Crippen LogP contribution in [0.1, 0.15) is 59.3 Å². The van der Waals surface area contributed by atoms with Crippen LogP contribution in [0.15, 0.2) is 24.3 Å². The van der Waals surface area contributed by atoms with Crippen LogP contribution in [-0.4, -0.2) is 66.9 Å². The number of nitrogens with zero attached hydrogens (tertiary/aromatic N) is 2. The molecule has 5 aliphatic heterocycles. The Labute approximate surface area is 228 Å². The van der Waals surface area contributed by atoms with Gasteiger partial charge in [-0.2, -0.15) is 0 Å². The van der Waals surface area contributed by atoms with Crippen molar-refractivity contribution in [2.24, 2.45) is 23.7 Å². The molecule has 10 heteroatoms. The average Bonchev–Trinajstić information content (AvgIpc) is 3.16. The lowest BCUT2D eigenvalue weighted by Crippen LogP contribution is -2.70. The Bertz CT molecular complexity index is 1100. The van der Waals surface area contributed by atoms with Crippen molar-refractivity contribution in [3.63, 3.8) is 0 Å². The first kappa shape index (κ1) is 26.9. The monoisotopic (exact) mass is 546 g/mol. The van der Waals surface area contributed by atoms with E-state index in [1.165, 1.54) is 6.07 Å². The first-order chi connectivity index (χ1) is 18.7. The lowest BCUT2D eigenvalue weighted by molar-refractivity contribution is -0.576. The van der Waals surface area contributed by atoms with Gasteiger partial charge in [-0.25, -0.2) is 14.2 Å². The molecule has 1 aromatic carbocycles. The summed E-state index contributed by atoms with van der Waals surface area (Å²) in [7, 11) is 0. The van der Waals surface area contributed by atoms with Crippen molar-refractivity contribution >= 4 is 17.6 Å². The van der Waals surface area contributed by atoms with Gasteiger partial charge < -0.3 is 24.0 Å². The zero-order valence-electron chi connectivity index (χ0n) is 23.0. The minimum Gasteiger partial charge on any atom is -0.435 e. The molecule has 1 saturated carbocycles. The van der Waals surface area contributed by atoms with E-state index in [-0.39, 0.29) is 42.3 Å². The Morgan fingerprint density at radius 3 is 2.56 bits per heavy atom. The number of piperazine rings is 1. The van der Waals surface area contributed by atoms with Gasteiger partial charge in [0.2, 0.25) is 18.0 Å². The number of anilines is 1. The number of esters is 1. The molecule has 7 rings (SSSR count). The van der Waals surface area contributed by atoms with Crippen molar-refractivity contribution in [3.05, 3.63) is 30.1 Å². The number of benzene rings is 1. The second-order valence-electron chi connectivity index (χ2n) is 12.1. The third-order valence-electron chi connectivity index (χ3n) is 9.71. The van der Waals surface area contributed by atoms with E-state index < -0.39 is 29.9 Å². The number of halogens is 1. The van der Waals surface area contributed by atoms with Crippen LogP contribution in [0, 0.1) is 29.5 Å². The summed E-state index contributed by atoms with van der Waals surface area (Å²) in [6.45, 7) is 8.19. The van der Waals surface area contributed by atoms with Gasteiger partial charge in [0.25, 0.3) is 0 Å². The Kier molecular flexibility index (Phi) is 7.10. The molecule has 8 atom stereocenters. The second kappa shape index (κ2) is 10.3. The highest BCUT2D eigenvalue weighted by Gasteiger charge is 2.69. The molecule has 0 N–H and O–H groups in total. The van der Waals surface area contributed by atoms with Gasteiger partial charge in [0.1, 0.15) is 5.82 Å². The summed E-state index contributed by atoms with van der Waals surface area (Å²) in [6, 6.07) is 6.66. The maximum Gasteiger partial charge on any atom is 0.308 e. The summed E-state index contributed by atoms with van der Waals surface area (Å²) in [5.41, 5.74) is -0.163. The third kappa shape index (κ3) is 4.73. The van der Waals surface area contributed by atoms with Gasteiger partial charge in [0, 0.05) is 50.9 Å². The van der Waals surface area contributed by atoms with E-state index in [0.717, 1.165) is 19.3 Å². The first-order valence-electron chi connectivity index (χ1n) is 14.4. The van der Waals surface area contributed by atoms with Crippen LogP contribution >= 0.6 is 0 Å². The maximum absolute atomic E-state index is 14.1. The first-order valence-corrected chi connectivity index (χ1v) is 14.4. The summed E-state index contributed by atoms with van der Waals surface area (Å²) in [5, 5.41) is 0. The number of ether oxygens (including phenoxy) is 3. The summed E-state index contributed by atoms with van der Waals surface area (Å²) >= 11 is 0. The fourth-order valence-corrected chi connectivity index (χ4v) is 7.47. The molecule has 39 heavy (non-hydrogen) atoms. The quantitative estimate of drug-likeness (QED) is 0.405. The van der Waals surface area contributed by atoms with Gasteiger partial charge in [-0.15, -0.1) is 0 Å². The zero-order valence-corrected chi connectivity index (χ0v) is 23.0. The van der Waals surface area contributed by atoms with Crippen molar-refractivity contribution in [2.75, 3.05) is 31.1 Å². The SMILES string of the molecule is C[C@H]1[C@H](OC(=O)CCC(=O)N2CCN(c3ccccc3F)CC2)O[C@@H]2O[C@@]3(C)CC[C@@H]4[C@H](C)CC[C@H]1[C@@]24OO3. The van der Waals surface area contributed by atoms with Crippen LogP contribution in [0.5, 0.6) is 0 Å². The lowest BCUT2D eigenvalue weighted by atomic mass is 9.58. The van der Waals surface area contributed by atoms with Crippen LogP contribution < -0.4 is 4.90 Å². The Morgan fingerprint density at radius 2 is 1.79 bits per heavy atom. The number of carbonyl (C=O) groups excluding carboxylic acids is 2. The standard InChI is InChI=1S/C29H39FN2O7/c1-18-8-9-21-19(2)26(36-27-29(21)20(18)12-13-28(3,37-27)38-39-29)35-25(34)11-10-24(33)32-16-14-31(15-17-32)23-7-5-4-6-22(23)30/h4-7,18-21,26-27H,8-17H2,1-3H3/t18-,19-,20-,21-,26-,27-,28-,29-/m1/s1. The van der Waals surface area contributed by atoms with Crippen molar-refractivity contribution in [3.8, 4) is 0 Å². The lowest BCUT2D eigenvalue weighted by Gasteiger charge is -2.59. The number of amides is 1. The fourth-order valence-electron chi connectivity index (χ4n) is 7.47.